The van der Waals surface area contributed by atoms with Crippen LogP contribution in [0.3, 0.4) is 0 Å². The monoisotopic (exact) mass is 251 g/mol. The molecule has 98 valence electrons. The molecule has 0 aromatic heterocycles. The van der Waals surface area contributed by atoms with E-state index in [1.807, 2.05) is 30.3 Å². The van der Waals surface area contributed by atoms with Crippen molar-refractivity contribution in [1.29, 1.82) is 0 Å². The van der Waals surface area contributed by atoms with Crippen LogP contribution in [0.4, 0.5) is 4.79 Å². The highest BCUT2D eigenvalue weighted by Gasteiger charge is 2.29. The van der Waals surface area contributed by atoms with Gasteiger partial charge in [-0.1, -0.05) is 30.3 Å². The number of alkyl carbamates (subject to hydrolysis) is 1. The zero-order valence-electron chi connectivity index (χ0n) is 10.5. The molecule has 18 heavy (non-hydrogen) atoms. The average molecular weight is 251 g/mol. The van der Waals surface area contributed by atoms with E-state index < -0.39 is 17.6 Å². The van der Waals surface area contributed by atoms with Gasteiger partial charge in [-0.05, 0) is 19.4 Å². The van der Waals surface area contributed by atoms with Crippen LogP contribution in [0.2, 0.25) is 0 Å². The Morgan fingerprint density at radius 3 is 2.44 bits per heavy atom. The lowest BCUT2D eigenvalue weighted by molar-refractivity contribution is -0.143. The minimum Gasteiger partial charge on any atom is -0.480 e. The molecule has 0 heterocycles. The number of benzene rings is 1. The van der Waals surface area contributed by atoms with Crippen LogP contribution < -0.4 is 5.32 Å². The molecular weight excluding hydrogens is 234 g/mol. The van der Waals surface area contributed by atoms with Crippen molar-refractivity contribution in [3.05, 3.63) is 35.9 Å². The highest BCUT2D eigenvalue weighted by Crippen LogP contribution is 2.03. The molecular formula is C13H17NO4. The Morgan fingerprint density at radius 1 is 1.28 bits per heavy atom. The van der Waals surface area contributed by atoms with Crippen molar-refractivity contribution in [1.82, 2.24) is 5.32 Å². The number of carbonyl (C=O) groups excluding carboxylic acids is 1. The van der Waals surface area contributed by atoms with E-state index >= 15 is 0 Å². The number of aliphatic carboxylic acids is 1. The number of carbonyl (C=O) groups is 2. The van der Waals surface area contributed by atoms with Crippen LogP contribution >= 0.6 is 0 Å². The molecule has 0 aliphatic rings. The molecule has 5 heteroatoms. The Morgan fingerprint density at radius 2 is 1.89 bits per heavy atom. The Hall–Kier alpha value is -2.04. The quantitative estimate of drug-likeness (QED) is 0.837. The van der Waals surface area contributed by atoms with Crippen LogP contribution in [-0.4, -0.2) is 29.3 Å². The summed E-state index contributed by atoms with van der Waals surface area (Å²) in [6, 6.07) is 9.59. The normalized spacial score (nSPS) is 10.8. The summed E-state index contributed by atoms with van der Waals surface area (Å²) in [5.41, 5.74) is -0.271. The number of hydrogen-bond donors (Lipinski definition) is 2. The minimum absolute atomic E-state index is 0.214. The van der Waals surface area contributed by atoms with Crippen molar-refractivity contribution < 1.29 is 19.4 Å². The maximum atomic E-state index is 11.4. The molecule has 1 amide bonds. The molecule has 0 saturated carbocycles. The average Bonchev–Trinajstić information content (AvgIpc) is 2.29. The van der Waals surface area contributed by atoms with Crippen LogP contribution in [0.1, 0.15) is 19.4 Å². The molecule has 5 nitrogen and oxygen atoms in total. The van der Waals surface area contributed by atoms with Gasteiger partial charge in [-0.3, -0.25) is 0 Å². The second-order valence-electron chi connectivity index (χ2n) is 4.43. The van der Waals surface area contributed by atoms with Gasteiger partial charge in [0.15, 0.2) is 0 Å². The largest absolute Gasteiger partial charge is 0.480 e. The number of rotatable bonds is 5. The summed E-state index contributed by atoms with van der Waals surface area (Å²) in [5, 5.41) is 11.1. The summed E-state index contributed by atoms with van der Waals surface area (Å²) in [4.78, 5) is 22.1. The van der Waals surface area contributed by atoms with Gasteiger partial charge in [0.1, 0.15) is 5.54 Å². The van der Waals surface area contributed by atoms with Crippen LogP contribution in [0.15, 0.2) is 30.3 Å². The number of amides is 1. The Balaban J connectivity index is 2.32. The smallest absolute Gasteiger partial charge is 0.408 e. The van der Waals surface area contributed by atoms with Crippen molar-refractivity contribution in [2.45, 2.75) is 25.8 Å². The van der Waals surface area contributed by atoms with E-state index in [0.29, 0.717) is 6.42 Å². The van der Waals surface area contributed by atoms with Crippen LogP contribution in [0.25, 0.3) is 0 Å². The molecule has 0 unspecified atom stereocenters. The fourth-order valence-electron chi connectivity index (χ4n) is 1.25. The Bertz CT molecular complexity index is 414. The van der Waals surface area contributed by atoms with Crippen molar-refractivity contribution in [2.24, 2.45) is 0 Å². The first-order valence-corrected chi connectivity index (χ1v) is 5.64. The molecule has 0 aliphatic heterocycles. The molecule has 1 aromatic rings. The molecule has 0 fully saturated rings. The van der Waals surface area contributed by atoms with Crippen molar-refractivity contribution in [2.75, 3.05) is 6.61 Å². The lowest BCUT2D eigenvalue weighted by Crippen LogP contribution is -2.49. The van der Waals surface area contributed by atoms with E-state index in [1.165, 1.54) is 13.8 Å². The standard InChI is InChI=1S/C13H17NO4/c1-13(2,11(15)16)14-12(17)18-9-8-10-6-4-3-5-7-10/h3-7H,8-9H2,1-2H3,(H,14,17)(H,15,16). The summed E-state index contributed by atoms with van der Waals surface area (Å²) in [7, 11) is 0. The highest BCUT2D eigenvalue weighted by atomic mass is 16.5. The van der Waals surface area contributed by atoms with Crippen LogP contribution in [0.5, 0.6) is 0 Å². The Labute approximate surface area is 106 Å². The van der Waals surface area contributed by atoms with Gasteiger partial charge in [-0.2, -0.15) is 0 Å². The van der Waals surface area contributed by atoms with E-state index in [0.717, 1.165) is 5.56 Å². The first-order chi connectivity index (χ1) is 8.42. The van der Waals surface area contributed by atoms with E-state index in [9.17, 15) is 9.59 Å². The second kappa shape index (κ2) is 6.05. The number of ether oxygens (including phenoxy) is 1. The number of carboxylic acids is 1. The first kappa shape index (κ1) is 14.0. The van der Waals surface area contributed by atoms with Crippen LogP contribution in [0, 0.1) is 0 Å². The van der Waals surface area contributed by atoms with Gasteiger partial charge >= 0.3 is 12.1 Å². The fraction of sp³-hybridized carbons (Fsp3) is 0.385. The Kier molecular flexibility index (Phi) is 4.71. The predicted octanol–water partition coefficient (Wildman–Crippen LogP) is 1.82. The topological polar surface area (TPSA) is 75.6 Å². The molecule has 0 spiro atoms. The van der Waals surface area contributed by atoms with Gasteiger partial charge in [-0.25, -0.2) is 9.59 Å². The van der Waals surface area contributed by atoms with Crippen LogP contribution in [-0.2, 0) is 16.0 Å². The molecule has 0 radical (unpaired) electrons. The second-order valence-corrected chi connectivity index (χ2v) is 4.43. The molecule has 0 bridgehead atoms. The third kappa shape index (κ3) is 4.45. The lowest BCUT2D eigenvalue weighted by atomic mass is 10.1. The highest BCUT2D eigenvalue weighted by molar-refractivity contribution is 5.83. The third-order valence-electron chi connectivity index (χ3n) is 2.42. The molecule has 0 aliphatic carbocycles. The van der Waals surface area contributed by atoms with E-state index in [2.05, 4.69) is 5.32 Å². The van der Waals surface area contributed by atoms with Gasteiger partial charge in [0, 0.05) is 6.42 Å². The lowest BCUT2D eigenvalue weighted by Gasteiger charge is -2.20. The van der Waals surface area contributed by atoms with Gasteiger partial charge in [-0.15, -0.1) is 0 Å². The maximum absolute atomic E-state index is 11.4. The van der Waals surface area contributed by atoms with Crippen molar-refractivity contribution in [3.63, 3.8) is 0 Å². The number of carboxylic acid groups (broad SMARTS) is 1. The molecule has 0 atom stereocenters. The molecule has 1 aromatic carbocycles. The fourth-order valence-corrected chi connectivity index (χ4v) is 1.25. The third-order valence-corrected chi connectivity index (χ3v) is 2.42. The van der Waals surface area contributed by atoms with E-state index in [4.69, 9.17) is 9.84 Å². The molecule has 1 rings (SSSR count). The van der Waals surface area contributed by atoms with Crippen molar-refractivity contribution >= 4 is 12.1 Å². The maximum Gasteiger partial charge on any atom is 0.408 e. The summed E-state index contributed by atoms with van der Waals surface area (Å²) in [5.74, 6) is -1.11. The van der Waals surface area contributed by atoms with Gasteiger partial charge < -0.3 is 15.2 Å². The summed E-state index contributed by atoms with van der Waals surface area (Å²) in [6.07, 6.45) is -0.125. The summed E-state index contributed by atoms with van der Waals surface area (Å²) in [6.45, 7) is 3.01. The SMILES string of the molecule is CC(C)(NC(=O)OCCc1ccccc1)C(=O)O. The first-order valence-electron chi connectivity index (χ1n) is 5.64. The number of nitrogens with one attached hydrogen (secondary N) is 1. The minimum atomic E-state index is -1.33. The zero-order valence-corrected chi connectivity index (χ0v) is 10.5. The van der Waals surface area contributed by atoms with Gasteiger partial charge in [0.25, 0.3) is 0 Å². The zero-order chi connectivity index (χ0) is 13.6. The predicted molar refractivity (Wildman–Crippen MR) is 66.3 cm³/mol. The summed E-state index contributed by atoms with van der Waals surface area (Å²) >= 11 is 0. The van der Waals surface area contributed by atoms with E-state index in [-0.39, 0.29) is 6.61 Å². The molecule has 2 N–H and O–H groups in total. The van der Waals surface area contributed by atoms with Crippen molar-refractivity contribution in [3.8, 4) is 0 Å². The van der Waals surface area contributed by atoms with Gasteiger partial charge in [0.2, 0.25) is 0 Å². The number of hydrogen-bond acceptors (Lipinski definition) is 3. The van der Waals surface area contributed by atoms with E-state index in [1.54, 1.807) is 0 Å². The van der Waals surface area contributed by atoms with Gasteiger partial charge in [0.05, 0.1) is 6.61 Å². The summed E-state index contributed by atoms with van der Waals surface area (Å²) < 4.78 is 4.92. The molecule has 0 saturated heterocycles.